The van der Waals surface area contributed by atoms with Crippen LogP contribution in [0.5, 0.6) is 0 Å². The third kappa shape index (κ3) is 11.6. The molecule has 1 aromatic carbocycles. The van der Waals surface area contributed by atoms with Crippen molar-refractivity contribution < 1.29 is 19.1 Å². The van der Waals surface area contributed by atoms with E-state index in [1.165, 1.54) is 88.3 Å². The Hall–Kier alpha value is -2.67. The van der Waals surface area contributed by atoms with Gasteiger partial charge in [0.1, 0.15) is 0 Å². The number of Topliss-reactive ketones (excluding diaryl/α,β-unsaturated/α-hetero) is 1. The minimum atomic E-state index is -0.801. The predicted molar refractivity (Wildman–Crippen MR) is 167 cm³/mol. The van der Waals surface area contributed by atoms with E-state index in [0.29, 0.717) is 0 Å². The second-order valence-corrected chi connectivity index (χ2v) is 12.3. The summed E-state index contributed by atoms with van der Waals surface area (Å²) in [4.78, 5) is 38.8. The summed E-state index contributed by atoms with van der Waals surface area (Å²) >= 11 is 6.69. The van der Waals surface area contributed by atoms with E-state index in [1.54, 1.807) is 39.2 Å². The van der Waals surface area contributed by atoms with E-state index in [-0.39, 0.29) is 45.8 Å². The van der Waals surface area contributed by atoms with Gasteiger partial charge in [0.05, 0.1) is 34.1 Å². The Kier molecular flexibility index (Phi) is 15.2. The maximum absolute atomic E-state index is 13.6. The highest BCUT2D eigenvalue weighted by Crippen LogP contribution is 2.38. The average Bonchev–Trinajstić information content (AvgIpc) is 3.45. The first-order valence-electron chi connectivity index (χ1n) is 15.4. The Morgan fingerprint density at radius 2 is 1.44 bits per heavy atom. The number of hydrogen-bond donors (Lipinski definition) is 1. The molecular formula is C33H50ClN3O4. The molecule has 41 heavy (non-hydrogen) atoms. The average molecular weight is 588 g/mol. The number of hydrogen-bond acceptors (Lipinski definition) is 5. The van der Waals surface area contributed by atoms with Crippen molar-refractivity contribution in [2.24, 2.45) is 5.41 Å². The molecule has 2 aromatic rings. The number of nitrogens with one attached hydrogen (secondary N) is 1. The number of benzene rings is 1. The van der Waals surface area contributed by atoms with Gasteiger partial charge in [0.15, 0.2) is 5.78 Å². The number of amides is 1. The molecule has 1 heterocycles. The molecule has 0 spiro atoms. The van der Waals surface area contributed by atoms with Crippen LogP contribution in [0.15, 0.2) is 24.5 Å². The van der Waals surface area contributed by atoms with Crippen molar-refractivity contribution in [1.29, 1.82) is 0 Å². The van der Waals surface area contributed by atoms with E-state index in [2.05, 4.69) is 17.3 Å². The van der Waals surface area contributed by atoms with Gasteiger partial charge in [0.2, 0.25) is 5.91 Å². The molecule has 228 valence electrons. The predicted octanol–water partition coefficient (Wildman–Crippen LogP) is 9.35. The molecule has 0 saturated carbocycles. The van der Waals surface area contributed by atoms with Crippen LogP contribution >= 0.6 is 11.6 Å². The van der Waals surface area contributed by atoms with E-state index in [9.17, 15) is 14.4 Å². The number of anilines is 1. The smallest absolute Gasteiger partial charge is 0.339 e. The standard InChI is InChI=1S/C33H50ClN3O4/c1-6-7-8-9-10-11-12-13-14-15-16-17-18-19-23-41-32(40)26-24-27(36-25(2)38)29(34)30(37-22-20-21-35-37)28(26)31(39)33(3,4)5/h20-22,24H,6-19,23H2,1-5H3,(H,36,38). The summed E-state index contributed by atoms with van der Waals surface area (Å²) < 4.78 is 7.08. The van der Waals surface area contributed by atoms with Crippen LogP contribution in [0.1, 0.15) is 145 Å². The monoisotopic (exact) mass is 587 g/mol. The number of carbonyl (C=O) groups is 3. The lowest BCUT2D eigenvalue weighted by atomic mass is 9.83. The number of ketones is 1. The van der Waals surface area contributed by atoms with Gasteiger partial charge in [-0.05, 0) is 18.6 Å². The van der Waals surface area contributed by atoms with E-state index < -0.39 is 11.4 Å². The molecule has 0 aliphatic rings. The topological polar surface area (TPSA) is 90.3 Å². The van der Waals surface area contributed by atoms with Crippen molar-refractivity contribution in [3.8, 4) is 5.69 Å². The number of aromatic nitrogens is 2. The van der Waals surface area contributed by atoms with Crippen molar-refractivity contribution in [2.75, 3.05) is 11.9 Å². The van der Waals surface area contributed by atoms with Crippen LogP contribution in [-0.4, -0.2) is 34.0 Å². The maximum atomic E-state index is 13.6. The van der Waals surface area contributed by atoms with Crippen molar-refractivity contribution in [3.63, 3.8) is 0 Å². The number of nitrogens with zero attached hydrogens (tertiary/aromatic N) is 2. The van der Waals surface area contributed by atoms with Gasteiger partial charge in [-0.25, -0.2) is 9.48 Å². The second-order valence-electron chi connectivity index (χ2n) is 12.0. The van der Waals surface area contributed by atoms with Gasteiger partial charge >= 0.3 is 5.97 Å². The first-order chi connectivity index (χ1) is 19.6. The molecule has 0 saturated heterocycles. The second kappa shape index (κ2) is 18.0. The lowest BCUT2D eigenvalue weighted by Gasteiger charge is -2.23. The summed E-state index contributed by atoms with van der Waals surface area (Å²) in [5.74, 6) is -1.25. The molecule has 0 aliphatic carbocycles. The summed E-state index contributed by atoms with van der Waals surface area (Å²) in [5, 5.41) is 7.04. The van der Waals surface area contributed by atoms with Crippen molar-refractivity contribution >= 4 is 34.9 Å². The molecule has 0 bridgehead atoms. The Labute approximate surface area is 251 Å². The Morgan fingerprint density at radius 1 is 0.902 bits per heavy atom. The van der Waals surface area contributed by atoms with Crippen LogP contribution in [0.4, 0.5) is 5.69 Å². The number of halogens is 1. The number of carbonyl (C=O) groups excluding carboxylic acids is 3. The zero-order valence-corrected chi connectivity index (χ0v) is 26.6. The Morgan fingerprint density at radius 3 is 1.90 bits per heavy atom. The molecule has 0 aliphatic heterocycles. The van der Waals surface area contributed by atoms with Crippen molar-refractivity contribution in [1.82, 2.24) is 9.78 Å². The number of unbranched alkanes of at least 4 members (excludes halogenated alkanes) is 13. The van der Waals surface area contributed by atoms with Crippen LogP contribution < -0.4 is 5.32 Å². The molecule has 2 rings (SSSR count). The van der Waals surface area contributed by atoms with Gasteiger partial charge in [0, 0.05) is 24.7 Å². The lowest BCUT2D eigenvalue weighted by Crippen LogP contribution is -2.26. The molecule has 0 unspecified atom stereocenters. The fraction of sp³-hybridized carbons (Fsp3) is 0.636. The molecule has 7 nitrogen and oxygen atoms in total. The molecule has 1 N–H and O–H groups in total. The van der Waals surface area contributed by atoms with Crippen LogP contribution in [0.2, 0.25) is 5.02 Å². The minimum absolute atomic E-state index is 0.0638. The van der Waals surface area contributed by atoms with Crippen LogP contribution in [0.3, 0.4) is 0 Å². The zero-order valence-electron chi connectivity index (χ0n) is 25.8. The van der Waals surface area contributed by atoms with Gasteiger partial charge < -0.3 is 10.1 Å². The number of ether oxygens (including phenoxy) is 1. The fourth-order valence-electron chi connectivity index (χ4n) is 4.85. The normalized spacial score (nSPS) is 11.5. The number of rotatable bonds is 19. The van der Waals surface area contributed by atoms with E-state index in [0.717, 1.165) is 19.3 Å². The number of esters is 1. The zero-order chi connectivity index (χ0) is 30.3. The van der Waals surface area contributed by atoms with Crippen LogP contribution in [-0.2, 0) is 9.53 Å². The van der Waals surface area contributed by atoms with Crippen LogP contribution in [0, 0.1) is 5.41 Å². The van der Waals surface area contributed by atoms with E-state index in [4.69, 9.17) is 16.3 Å². The van der Waals surface area contributed by atoms with E-state index in [1.807, 2.05) is 0 Å². The molecule has 1 aromatic heterocycles. The van der Waals surface area contributed by atoms with E-state index >= 15 is 0 Å². The minimum Gasteiger partial charge on any atom is -0.462 e. The molecule has 8 heteroatoms. The molecular weight excluding hydrogens is 538 g/mol. The largest absolute Gasteiger partial charge is 0.462 e. The summed E-state index contributed by atoms with van der Waals surface area (Å²) in [7, 11) is 0. The van der Waals surface area contributed by atoms with Crippen molar-refractivity contribution in [2.45, 2.75) is 125 Å². The molecule has 0 radical (unpaired) electrons. The van der Waals surface area contributed by atoms with Gasteiger partial charge in [-0.3, -0.25) is 9.59 Å². The third-order valence-electron chi connectivity index (χ3n) is 7.14. The first-order valence-corrected chi connectivity index (χ1v) is 15.8. The highest BCUT2D eigenvalue weighted by Gasteiger charge is 2.33. The highest BCUT2D eigenvalue weighted by molar-refractivity contribution is 6.37. The van der Waals surface area contributed by atoms with Gasteiger partial charge in [-0.15, -0.1) is 0 Å². The first kappa shape index (κ1) is 34.5. The van der Waals surface area contributed by atoms with Gasteiger partial charge in [-0.2, -0.15) is 5.10 Å². The maximum Gasteiger partial charge on any atom is 0.339 e. The summed E-state index contributed by atoms with van der Waals surface area (Å²) in [5.41, 5.74) is -0.144. The summed E-state index contributed by atoms with van der Waals surface area (Å²) in [6, 6.07) is 3.13. The summed E-state index contributed by atoms with van der Waals surface area (Å²) in [6.45, 7) is 9.21. The quantitative estimate of drug-likeness (QED) is 0.100. The van der Waals surface area contributed by atoms with Crippen LogP contribution in [0.25, 0.3) is 5.69 Å². The molecule has 1 amide bonds. The third-order valence-corrected chi connectivity index (χ3v) is 7.53. The fourth-order valence-corrected chi connectivity index (χ4v) is 5.13. The lowest BCUT2D eigenvalue weighted by molar-refractivity contribution is -0.114. The Balaban J connectivity index is 1.95. The molecule has 0 fully saturated rings. The highest BCUT2D eigenvalue weighted by atomic mass is 35.5. The van der Waals surface area contributed by atoms with Gasteiger partial charge in [0.25, 0.3) is 0 Å². The summed E-state index contributed by atoms with van der Waals surface area (Å²) in [6.07, 6.45) is 20.6. The van der Waals surface area contributed by atoms with Crippen molar-refractivity contribution in [3.05, 3.63) is 40.7 Å². The Bertz CT molecular complexity index is 1110. The molecule has 0 atom stereocenters. The van der Waals surface area contributed by atoms with Gasteiger partial charge in [-0.1, -0.05) is 123 Å². The SMILES string of the molecule is CCCCCCCCCCCCCCCCOC(=O)c1cc(NC(C)=O)c(Cl)c(-n2cccn2)c1C(=O)C(C)(C)C.